The van der Waals surface area contributed by atoms with E-state index in [-0.39, 0.29) is 5.82 Å². The lowest BCUT2D eigenvalue weighted by atomic mass is 9.77. The van der Waals surface area contributed by atoms with E-state index in [0.717, 1.165) is 22.2 Å². The molecule has 1 aliphatic heterocycles. The summed E-state index contributed by atoms with van der Waals surface area (Å²) in [6.45, 7) is 0.766. The fourth-order valence-electron chi connectivity index (χ4n) is 6.12. The van der Waals surface area contributed by atoms with E-state index in [1.807, 2.05) is 77.5 Å². The average Bonchev–Trinajstić information content (AvgIpc) is 3.57. The standard InChI is InChI=1S/C37H29N3O4/c1-43-23-24-44-29-21-22-33-32(25-29)34(39-35(41)30-19-11-12-20-31(30)36(39)42)38-40(33)37(26-13-5-2-6-14-26,27-15-7-3-8-16-27)28-17-9-4-10-18-28/h2-22,25H,23-24H2,1H3. The number of ether oxygens (including phenoxy) is 2. The van der Waals surface area contributed by atoms with Crippen molar-refractivity contribution >= 4 is 28.5 Å². The molecule has 7 rings (SSSR count). The van der Waals surface area contributed by atoms with Gasteiger partial charge in [0.2, 0.25) is 0 Å². The van der Waals surface area contributed by atoms with E-state index in [9.17, 15) is 9.59 Å². The van der Waals surface area contributed by atoms with E-state index in [1.54, 1.807) is 31.4 Å². The molecular weight excluding hydrogens is 550 g/mol. The molecule has 0 aliphatic carbocycles. The quantitative estimate of drug-likeness (QED) is 0.108. The Labute approximate surface area is 254 Å². The number of imide groups is 1. The van der Waals surface area contributed by atoms with Crippen molar-refractivity contribution in [3.05, 3.63) is 161 Å². The maximum absolute atomic E-state index is 13.8. The molecule has 1 aromatic heterocycles. The molecule has 0 bridgehead atoms. The molecule has 0 fully saturated rings. The topological polar surface area (TPSA) is 73.7 Å². The van der Waals surface area contributed by atoms with Crippen LogP contribution in [-0.2, 0) is 10.3 Å². The first-order chi connectivity index (χ1) is 21.6. The fourth-order valence-corrected chi connectivity index (χ4v) is 6.12. The number of carbonyl (C=O) groups is 2. The van der Waals surface area contributed by atoms with Gasteiger partial charge in [-0.3, -0.25) is 9.59 Å². The maximum atomic E-state index is 13.8. The molecule has 2 amide bonds. The van der Waals surface area contributed by atoms with Crippen molar-refractivity contribution in [1.82, 2.24) is 9.78 Å². The Bertz CT molecular complexity index is 1840. The summed E-state index contributed by atoms with van der Waals surface area (Å²) in [5.41, 5.74) is 3.38. The lowest BCUT2D eigenvalue weighted by Crippen LogP contribution is -2.39. The van der Waals surface area contributed by atoms with Crippen molar-refractivity contribution in [3.63, 3.8) is 0 Å². The van der Waals surface area contributed by atoms with Gasteiger partial charge in [0.05, 0.1) is 23.3 Å². The molecule has 44 heavy (non-hydrogen) atoms. The van der Waals surface area contributed by atoms with Gasteiger partial charge < -0.3 is 9.47 Å². The average molecular weight is 580 g/mol. The molecule has 0 saturated heterocycles. The molecule has 0 unspecified atom stereocenters. The third-order valence-corrected chi connectivity index (χ3v) is 8.09. The predicted molar refractivity (Wildman–Crippen MR) is 169 cm³/mol. The molecule has 5 aromatic carbocycles. The molecule has 0 saturated carbocycles. The zero-order chi connectivity index (χ0) is 30.1. The minimum atomic E-state index is -0.961. The summed E-state index contributed by atoms with van der Waals surface area (Å²) in [7, 11) is 1.62. The van der Waals surface area contributed by atoms with Crippen LogP contribution in [0.15, 0.2) is 133 Å². The number of benzene rings is 5. The largest absolute Gasteiger partial charge is 0.491 e. The third-order valence-electron chi connectivity index (χ3n) is 8.09. The van der Waals surface area contributed by atoms with Crippen LogP contribution in [0.2, 0.25) is 0 Å². The van der Waals surface area contributed by atoms with Gasteiger partial charge in [0.15, 0.2) is 5.82 Å². The first kappa shape index (κ1) is 27.3. The Morgan fingerprint density at radius 1 is 0.636 bits per heavy atom. The summed E-state index contributed by atoms with van der Waals surface area (Å²) in [5.74, 6) is 0.00688. The SMILES string of the molecule is COCCOc1ccc2c(c1)c(N1C(=O)c3ccccc3C1=O)nn2C(c1ccccc1)(c1ccccc1)c1ccccc1. The Balaban J connectivity index is 1.56. The minimum absolute atomic E-state index is 0.246. The molecule has 2 heterocycles. The summed E-state index contributed by atoms with van der Waals surface area (Å²) in [6, 6.07) is 43.0. The van der Waals surface area contributed by atoms with Gasteiger partial charge in [0.1, 0.15) is 17.9 Å². The van der Waals surface area contributed by atoms with Crippen LogP contribution in [0.25, 0.3) is 10.9 Å². The number of hydrogen-bond donors (Lipinski definition) is 0. The van der Waals surface area contributed by atoms with Crippen molar-refractivity contribution < 1.29 is 19.1 Å². The summed E-state index contributed by atoms with van der Waals surface area (Å²) < 4.78 is 13.1. The highest BCUT2D eigenvalue weighted by atomic mass is 16.5. The number of rotatable bonds is 9. The molecule has 6 aromatic rings. The summed E-state index contributed by atoms with van der Waals surface area (Å²) in [6.07, 6.45) is 0. The lowest BCUT2D eigenvalue weighted by Gasteiger charge is -2.37. The molecule has 216 valence electrons. The van der Waals surface area contributed by atoms with Crippen molar-refractivity contribution in [3.8, 4) is 5.75 Å². The van der Waals surface area contributed by atoms with Crippen LogP contribution < -0.4 is 9.64 Å². The predicted octanol–water partition coefficient (Wildman–Crippen LogP) is 6.70. The van der Waals surface area contributed by atoms with Gasteiger partial charge in [-0.2, -0.15) is 5.10 Å². The van der Waals surface area contributed by atoms with Crippen LogP contribution >= 0.6 is 0 Å². The second-order valence-corrected chi connectivity index (χ2v) is 10.6. The molecular formula is C37H29N3O4. The van der Waals surface area contributed by atoms with Gasteiger partial charge in [-0.05, 0) is 47.0 Å². The lowest BCUT2D eigenvalue weighted by molar-refractivity contribution is 0.0925. The third kappa shape index (κ3) is 4.29. The van der Waals surface area contributed by atoms with E-state index >= 15 is 0 Å². The maximum Gasteiger partial charge on any atom is 0.267 e. The second-order valence-electron chi connectivity index (χ2n) is 10.6. The Hall–Kier alpha value is -5.53. The fraction of sp³-hybridized carbons (Fsp3) is 0.108. The van der Waals surface area contributed by atoms with Crippen LogP contribution in [0.5, 0.6) is 5.75 Å². The van der Waals surface area contributed by atoms with Gasteiger partial charge in [-0.1, -0.05) is 103 Å². The zero-order valence-electron chi connectivity index (χ0n) is 24.1. The van der Waals surface area contributed by atoms with E-state index in [0.29, 0.717) is 35.5 Å². The number of anilines is 1. The minimum Gasteiger partial charge on any atom is -0.491 e. The number of nitrogens with zero attached hydrogens (tertiary/aromatic N) is 3. The summed E-state index contributed by atoms with van der Waals surface area (Å²) >= 11 is 0. The summed E-state index contributed by atoms with van der Waals surface area (Å²) in [4.78, 5) is 28.8. The van der Waals surface area contributed by atoms with Crippen LogP contribution in [-0.4, -0.2) is 41.9 Å². The van der Waals surface area contributed by atoms with E-state index in [1.165, 1.54) is 4.90 Å². The number of methoxy groups -OCH3 is 1. The van der Waals surface area contributed by atoms with Gasteiger partial charge >= 0.3 is 0 Å². The monoisotopic (exact) mass is 579 g/mol. The highest BCUT2D eigenvalue weighted by Gasteiger charge is 2.44. The first-order valence-electron chi connectivity index (χ1n) is 14.4. The van der Waals surface area contributed by atoms with Crippen molar-refractivity contribution in [2.24, 2.45) is 0 Å². The number of carbonyl (C=O) groups excluding carboxylic acids is 2. The van der Waals surface area contributed by atoms with E-state index < -0.39 is 17.4 Å². The van der Waals surface area contributed by atoms with Crippen LogP contribution in [0.1, 0.15) is 37.4 Å². The normalized spacial score (nSPS) is 13.0. The summed E-state index contributed by atoms with van der Waals surface area (Å²) in [5, 5.41) is 5.83. The molecule has 7 heteroatoms. The van der Waals surface area contributed by atoms with Crippen LogP contribution in [0, 0.1) is 0 Å². The van der Waals surface area contributed by atoms with Crippen LogP contribution in [0.4, 0.5) is 5.82 Å². The second kappa shape index (κ2) is 11.3. The first-order valence-corrected chi connectivity index (χ1v) is 14.4. The molecule has 0 spiro atoms. The van der Waals surface area contributed by atoms with Gasteiger partial charge in [0, 0.05) is 12.5 Å². The molecule has 0 atom stereocenters. The smallest absolute Gasteiger partial charge is 0.267 e. The van der Waals surface area contributed by atoms with Crippen molar-refractivity contribution in [2.45, 2.75) is 5.54 Å². The zero-order valence-corrected chi connectivity index (χ0v) is 24.1. The van der Waals surface area contributed by atoms with Crippen molar-refractivity contribution in [2.75, 3.05) is 25.2 Å². The Kier molecular flexibility index (Phi) is 7.00. The van der Waals surface area contributed by atoms with E-state index in [4.69, 9.17) is 14.6 Å². The van der Waals surface area contributed by atoms with Gasteiger partial charge in [-0.25, -0.2) is 9.58 Å². The highest BCUT2D eigenvalue weighted by Crippen LogP contribution is 2.45. The molecule has 0 radical (unpaired) electrons. The number of hydrogen-bond acceptors (Lipinski definition) is 5. The Morgan fingerprint density at radius 2 is 1.14 bits per heavy atom. The molecule has 1 aliphatic rings. The number of fused-ring (bicyclic) bond motifs is 2. The molecule has 7 nitrogen and oxygen atoms in total. The van der Waals surface area contributed by atoms with Crippen molar-refractivity contribution in [1.29, 1.82) is 0 Å². The van der Waals surface area contributed by atoms with Crippen LogP contribution in [0.3, 0.4) is 0 Å². The van der Waals surface area contributed by atoms with Gasteiger partial charge in [0.25, 0.3) is 11.8 Å². The van der Waals surface area contributed by atoms with E-state index in [2.05, 4.69) is 36.4 Å². The Morgan fingerprint density at radius 3 is 1.64 bits per heavy atom. The number of aromatic nitrogens is 2. The number of amides is 2. The highest BCUT2D eigenvalue weighted by molar-refractivity contribution is 6.35. The van der Waals surface area contributed by atoms with Gasteiger partial charge in [-0.15, -0.1) is 0 Å². The molecule has 0 N–H and O–H groups in total.